The van der Waals surface area contributed by atoms with Crippen molar-refractivity contribution in [2.24, 2.45) is 0 Å². The first-order valence-electron chi connectivity index (χ1n) is 7.01. The molecule has 3 rings (SSSR count). The number of nitrogens with one attached hydrogen (secondary N) is 1. The minimum Gasteiger partial charge on any atom is -0.459 e. The molecule has 0 saturated carbocycles. The summed E-state index contributed by atoms with van der Waals surface area (Å²) < 4.78 is 19.1. The summed E-state index contributed by atoms with van der Waals surface area (Å²) in [5.41, 5.74) is 1.96. The van der Waals surface area contributed by atoms with E-state index in [4.69, 9.17) is 4.42 Å². The first kappa shape index (κ1) is 13.8. The molecule has 0 bridgehead atoms. The van der Waals surface area contributed by atoms with Crippen LogP contribution in [0.5, 0.6) is 0 Å². The van der Waals surface area contributed by atoms with Gasteiger partial charge in [-0.2, -0.15) is 0 Å². The van der Waals surface area contributed by atoms with E-state index < -0.39 is 0 Å². The van der Waals surface area contributed by atoms with Crippen LogP contribution in [0.25, 0.3) is 11.0 Å². The summed E-state index contributed by atoms with van der Waals surface area (Å²) in [6.45, 7) is 0. The van der Waals surface area contributed by atoms with Gasteiger partial charge in [0.25, 0.3) is 0 Å². The van der Waals surface area contributed by atoms with Gasteiger partial charge in [-0.15, -0.1) is 0 Å². The molecule has 3 aromatic rings. The molecule has 2 heterocycles. The van der Waals surface area contributed by atoms with Crippen LogP contribution in [0.15, 0.2) is 53.2 Å². The van der Waals surface area contributed by atoms with Crippen LogP contribution in [0.1, 0.15) is 23.8 Å². The zero-order chi connectivity index (χ0) is 14.7. The Hall–Kier alpha value is -2.20. The van der Waals surface area contributed by atoms with Crippen LogP contribution in [0.2, 0.25) is 0 Å². The van der Waals surface area contributed by atoms with Crippen molar-refractivity contribution in [2.75, 3.05) is 7.05 Å². The van der Waals surface area contributed by atoms with Crippen molar-refractivity contribution in [1.29, 1.82) is 0 Å². The summed E-state index contributed by atoms with van der Waals surface area (Å²) in [5, 5.41) is 4.06. The number of fused-ring (bicyclic) bond motifs is 1. The predicted molar refractivity (Wildman–Crippen MR) is 80.5 cm³/mol. The quantitative estimate of drug-likeness (QED) is 0.773. The van der Waals surface area contributed by atoms with Crippen LogP contribution >= 0.6 is 0 Å². The van der Waals surface area contributed by atoms with Crippen molar-refractivity contribution in [3.63, 3.8) is 0 Å². The molecule has 0 aliphatic carbocycles. The summed E-state index contributed by atoms with van der Waals surface area (Å²) in [4.78, 5) is 4.02. The molecule has 0 saturated heterocycles. The van der Waals surface area contributed by atoms with E-state index in [1.165, 1.54) is 17.7 Å². The van der Waals surface area contributed by atoms with Crippen LogP contribution in [0.4, 0.5) is 4.39 Å². The van der Waals surface area contributed by atoms with Crippen molar-refractivity contribution in [1.82, 2.24) is 10.3 Å². The minimum absolute atomic E-state index is 0.105. The Kier molecular flexibility index (Phi) is 3.97. The Balaban J connectivity index is 1.78. The number of aryl methyl sites for hydroxylation is 1. The van der Waals surface area contributed by atoms with Crippen molar-refractivity contribution in [3.05, 3.63) is 65.9 Å². The van der Waals surface area contributed by atoms with Gasteiger partial charge in [0.1, 0.15) is 17.2 Å². The smallest absolute Gasteiger partial charge is 0.134 e. The highest BCUT2D eigenvalue weighted by Crippen LogP contribution is 2.27. The molecule has 108 valence electrons. The van der Waals surface area contributed by atoms with E-state index >= 15 is 0 Å². The summed E-state index contributed by atoms with van der Waals surface area (Å²) >= 11 is 0. The summed E-state index contributed by atoms with van der Waals surface area (Å²) in [7, 11) is 1.91. The number of hydrogen-bond acceptors (Lipinski definition) is 3. The normalized spacial score (nSPS) is 12.7. The second-order valence-corrected chi connectivity index (χ2v) is 5.07. The van der Waals surface area contributed by atoms with E-state index in [1.54, 1.807) is 18.5 Å². The lowest BCUT2D eigenvalue weighted by molar-refractivity contribution is 0.433. The largest absolute Gasteiger partial charge is 0.459 e. The molecule has 0 spiro atoms. The van der Waals surface area contributed by atoms with E-state index in [9.17, 15) is 4.39 Å². The minimum atomic E-state index is -0.243. The van der Waals surface area contributed by atoms with Crippen LogP contribution in [-0.4, -0.2) is 12.0 Å². The number of furan rings is 1. The first-order chi connectivity index (χ1) is 10.3. The van der Waals surface area contributed by atoms with Crippen LogP contribution < -0.4 is 5.32 Å². The van der Waals surface area contributed by atoms with Gasteiger partial charge in [0.2, 0.25) is 0 Å². The number of halogens is 1. The molecule has 0 aliphatic heterocycles. The van der Waals surface area contributed by atoms with Crippen molar-refractivity contribution >= 4 is 11.0 Å². The average Bonchev–Trinajstić information content (AvgIpc) is 2.92. The topological polar surface area (TPSA) is 38.1 Å². The van der Waals surface area contributed by atoms with Gasteiger partial charge in [0.15, 0.2) is 0 Å². The van der Waals surface area contributed by atoms with Gasteiger partial charge in [0.05, 0.1) is 6.04 Å². The molecule has 1 aromatic carbocycles. The van der Waals surface area contributed by atoms with E-state index in [0.29, 0.717) is 0 Å². The highest BCUT2D eigenvalue weighted by atomic mass is 19.1. The fraction of sp³-hybridized carbons (Fsp3) is 0.235. The molecule has 1 unspecified atom stereocenters. The Labute approximate surface area is 122 Å². The van der Waals surface area contributed by atoms with Crippen molar-refractivity contribution in [2.45, 2.75) is 18.9 Å². The van der Waals surface area contributed by atoms with Crippen LogP contribution in [0.3, 0.4) is 0 Å². The lowest BCUT2D eigenvalue weighted by Gasteiger charge is -2.13. The van der Waals surface area contributed by atoms with Gasteiger partial charge in [-0.1, -0.05) is 0 Å². The third-order valence-corrected chi connectivity index (χ3v) is 3.66. The average molecular weight is 284 g/mol. The van der Waals surface area contributed by atoms with Crippen LogP contribution in [-0.2, 0) is 6.42 Å². The molecule has 1 atom stereocenters. The number of rotatable bonds is 5. The maximum atomic E-state index is 13.2. The maximum Gasteiger partial charge on any atom is 0.134 e. The summed E-state index contributed by atoms with van der Waals surface area (Å²) in [6.07, 6.45) is 5.43. The van der Waals surface area contributed by atoms with Gasteiger partial charge >= 0.3 is 0 Å². The third kappa shape index (κ3) is 3.11. The number of pyridine rings is 1. The Morgan fingerprint density at radius 2 is 2.00 bits per heavy atom. The summed E-state index contributed by atoms with van der Waals surface area (Å²) in [5.74, 6) is 0.597. The number of aromatic nitrogens is 1. The molecule has 2 aromatic heterocycles. The molecule has 4 heteroatoms. The number of hydrogen-bond donors (Lipinski definition) is 1. The lowest BCUT2D eigenvalue weighted by atomic mass is 10.0. The van der Waals surface area contributed by atoms with Gasteiger partial charge in [-0.3, -0.25) is 4.98 Å². The zero-order valence-electron chi connectivity index (χ0n) is 11.8. The monoisotopic (exact) mass is 284 g/mol. The standard InChI is InChI=1S/C17H17FN2O/c1-19-15(4-2-12-6-8-20-9-7-12)17-11-13-10-14(18)3-5-16(13)21-17/h3,5-11,15,19H,2,4H2,1H3. The number of benzene rings is 1. The summed E-state index contributed by atoms with van der Waals surface area (Å²) in [6, 6.07) is 10.6. The van der Waals surface area contributed by atoms with Crippen molar-refractivity contribution in [3.8, 4) is 0 Å². The predicted octanol–water partition coefficient (Wildman–Crippen LogP) is 3.86. The molecule has 1 N–H and O–H groups in total. The maximum absolute atomic E-state index is 13.2. The van der Waals surface area contributed by atoms with Gasteiger partial charge < -0.3 is 9.73 Å². The molecule has 0 fully saturated rings. The van der Waals surface area contributed by atoms with Gasteiger partial charge in [-0.05, 0) is 61.9 Å². The second kappa shape index (κ2) is 6.06. The molecular weight excluding hydrogens is 267 g/mol. The highest BCUT2D eigenvalue weighted by molar-refractivity contribution is 5.78. The Morgan fingerprint density at radius 1 is 1.19 bits per heavy atom. The molecular formula is C17H17FN2O. The fourth-order valence-corrected chi connectivity index (χ4v) is 2.50. The molecule has 0 amide bonds. The second-order valence-electron chi connectivity index (χ2n) is 5.07. The van der Waals surface area contributed by atoms with E-state index in [0.717, 1.165) is 29.6 Å². The lowest BCUT2D eigenvalue weighted by Crippen LogP contribution is -2.16. The number of nitrogens with zero attached hydrogens (tertiary/aromatic N) is 1. The van der Waals surface area contributed by atoms with E-state index in [2.05, 4.69) is 10.3 Å². The van der Waals surface area contributed by atoms with E-state index in [-0.39, 0.29) is 11.9 Å². The first-order valence-corrected chi connectivity index (χ1v) is 7.01. The van der Waals surface area contributed by atoms with Gasteiger partial charge in [-0.25, -0.2) is 4.39 Å². The molecule has 3 nitrogen and oxygen atoms in total. The Bertz CT molecular complexity index is 724. The fourth-order valence-electron chi connectivity index (χ4n) is 2.50. The highest BCUT2D eigenvalue weighted by Gasteiger charge is 2.15. The van der Waals surface area contributed by atoms with E-state index in [1.807, 2.05) is 25.2 Å². The molecule has 0 aliphatic rings. The molecule has 0 radical (unpaired) electrons. The third-order valence-electron chi connectivity index (χ3n) is 3.66. The SMILES string of the molecule is CNC(CCc1ccncc1)c1cc2cc(F)ccc2o1. The van der Waals surface area contributed by atoms with Crippen molar-refractivity contribution < 1.29 is 8.81 Å². The van der Waals surface area contributed by atoms with Crippen LogP contribution in [0, 0.1) is 5.82 Å². The zero-order valence-corrected chi connectivity index (χ0v) is 11.8. The molecule has 21 heavy (non-hydrogen) atoms. The Morgan fingerprint density at radius 3 is 2.76 bits per heavy atom. The van der Waals surface area contributed by atoms with Gasteiger partial charge in [0, 0.05) is 17.8 Å².